The topological polar surface area (TPSA) is 133 Å². The van der Waals surface area contributed by atoms with E-state index in [4.69, 9.17) is 24.0 Å². The van der Waals surface area contributed by atoms with Crippen molar-refractivity contribution in [3.8, 4) is 11.5 Å². The SMILES string of the molecule is C[C@@H]1CCC2[C@@H](C)[C@H](OC(=O)CCC(=O)NCCc3ccc(O)c(O)c3)O[C@@H]3OC4(C)CCC1[C@@]23OO4. The van der Waals surface area contributed by atoms with Crippen molar-refractivity contribution in [2.75, 3.05) is 6.54 Å². The van der Waals surface area contributed by atoms with Gasteiger partial charge in [0.15, 0.2) is 23.4 Å². The van der Waals surface area contributed by atoms with Gasteiger partial charge >= 0.3 is 5.97 Å². The number of benzene rings is 1. The van der Waals surface area contributed by atoms with E-state index < -0.39 is 29.9 Å². The van der Waals surface area contributed by atoms with Gasteiger partial charge < -0.3 is 29.7 Å². The second-order valence-corrected chi connectivity index (χ2v) is 11.2. The molecule has 1 aliphatic carbocycles. The van der Waals surface area contributed by atoms with Gasteiger partial charge in [-0.1, -0.05) is 19.9 Å². The number of esters is 1. The first-order valence-corrected chi connectivity index (χ1v) is 13.3. The molecule has 5 fully saturated rings. The molecule has 4 heterocycles. The lowest BCUT2D eigenvalue weighted by molar-refractivity contribution is -0.576. The largest absolute Gasteiger partial charge is 0.504 e. The Bertz CT molecular complexity index is 1030. The van der Waals surface area contributed by atoms with Crippen molar-refractivity contribution in [3.05, 3.63) is 23.8 Å². The first kappa shape index (κ1) is 26.2. The number of aromatic hydroxyl groups is 2. The fourth-order valence-electron chi connectivity index (χ4n) is 6.57. The quantitative estimate of drug-likeness (QED) is 0.282. The minimum absolute atomic E-state index is 0.0112. The molecule has 1 saturated carbocycles. The molecule has 0 aromatic heterocycles. The third-order valence-electron chi connectivity index (χ3n) is 8.68. The second-order valence-electron chi connectivity index (χ2n) is 11.2. The Hall–Kier alpha value is -2.40. The average molecular weight is 520 g/mol. The van der Waals surface area contributed by atoms with Crippen LogP contribution in [0, 0.1) is 23.7 Å². The highest BCUT2D eigenvalue weighted by atomic mass is 17.3. The lowest BCUT2D eigenvalue weighted by Crippen LogP contribution is -2.70. The Balaban J connectivity index is 1.14. The first-order valence-electron chi connectivity index (χ1n) is 13.3. The van der Waals surface area contributed by atoms with E-state index in [0.717, 1.165) is 24.8 Å². The lowest BCUT2D eigenvalue weighted by atomic mass is 9.58. The molecule has 4 saturated heterocycles. The predicted octanol–water partition coefficient (Wildman–Crippen LogP) is 3.29. The number of carbonyl (C=O) groups is 2. The zero-order valence-corrected chi connectivity index (χ0v) is 21.6. The Morgan fingerprint density at radius 2 is 1.89 bits per heavy atom. The van der Waals surface area contributed by atoms with Crippen LogP contribution in [0.4, 0.5) is 0 Å². The number of amides is 1. The Morgan fingerprint density at radius 3 is 2.68 bits per heavy atom. The standard InChI is InChI=1S/C27H37NO9/c1-15-4-6-19-16(2)24(34-25-27(19)18(15)10-12-26(3,35-25)36-37-27)33-23(32)9-8-22(31)28-13-11-17-5-7-20(29)21(30)14-17/h5,7,14-16,18-19,24-25,29-30H,4,6,8-13H2,1-3H3,(H,28,31)/t15-,16-,18?,19?,24-,25-,26?,27-/m1/s1. The molecule has 10 nitrogen and oxygen atoms in total. The van der Waals surface area contributed by atoms with Crippen LogP contribution in [-0.2, 0) is 40.0 Å². The molecule has 1 aromatic rings. The molecule has 4 aliphatic heterocycles. The second kappa shape index (κ2) is 10.1. The smallest absolute Gasteiger partial charge is 0.308 e. The number of hydrogen-bond acceptors (Lipinski definition) is 9. The Labute approximate surface area is 216 Å². The summed E-state index contributed by atoms with van der Waals surface area (Å²) >= 11 is 0. The van der Waals surface area contributed by atoms with E-state index in [2.05, 4.69) is 12.2 Å². The van der Waals surface area contributed by atoms with Crippen molar-refractivity contribution in [3.63, 3.8) is 0 Å². The molecule has 204 valence electrons. The van der Waals surface area contributed by atoms with Crippen molar-refractivity contribution in [1.29, 1.82) is 0 Å². The van der Waals surface area contributed by atoms with E-state index in [1.54, 1.807) is 6.07 Å². The summed E-state index contributed by atoms with van der Waals surface area (Å²) in [5, 5.41) is 21.7. The number of phenolic OH excluding ortho intramolecular Hbond substituents is 2. The van der Waals surface area contributed by atoms with E-state index in [1.807, 2.05) is 13.8 Å². The van der Waals surface area contributed by atoms with Crippen LogP contribution in [0.5, 0.6) is 11.5 Å². The Morgan fingerprint density at radius 1 is 1.08 bits per heavy atom. The van der Waals surface area contributed by atoms with Gasteiger partial charge in [-0.2, -0.15) is 0 Å². The average Bonchev–Trinajstić information content (AvgIpc) is 3.09. The van der Waals surface area contributed by atoms with Crippen molar-refractivity contribution in [1.82, 2.24) is 5.32 Å². The van der Waals surface area contributed by atoms with Crippen LogP contribution in [0.3, 0.4) is 0 Å². The highest BCUT2D eigenvalue weighted by Crippen LogP contribution is 2.60. The van der Waals surface area contributed by atoms with Crippen LogP contribution in [0.15, 0.2) is 18.2 Å². The molecular formula is C27H37NO9. The van der Waals surface area contributed by atoms with Crippen LogP contribution in [0.1, 0.15) is 64.9 Å². The summed E-state index contributed by atoms with van der Waals surface area (Å²) in [4.78, 5) is 36.8. The summed E-state index contributed by atoms with van der Waals surface area (Å²) in [6, 6.07) is 4.52. The maximum absolute atomic E-state index is 12.7. The number of phenols is 2. The molecule has 1 spiro atoms. The molecule has 0 radical (unpaired) electrons. The summed E-state index contributed by atoms with van der Waals surface area (Å²) in [5.41, 5.74) is 0.0534. The number of rotatable bonds is 7. The minimum Gasteiger partial charge on any atom is -0.504 e. The molecule has 1 amide bonds. The fraction of sp³-hybridized carbons (Fsp3) is 0.704. The third-order valence-corrected chi connectivity index (χ3v) is 8.68. The molecule has 5 aliphatic rings. The van der Waals surface area contributed by atoms with Crippen LogP contribution in [-0.4, -0.2) is 52.6 Å². The van der Waals surface area contributed by atoms with E-state index in [-0.39, 0.29) is 48.0 Å². The van der Waals surface area contributed by atoms with Gasteiger partial charge in [0.2, 0.25) is 18.0 Å². The van der Waals surface area contributed by atoms with Gasteiger partial charge in [0.25, 0.3) is 0 Å². The summed E-state index contributed by atoms with van der Waals surface area (Å²) in [5.74, 6) is -1.47. The summed E-state index contributed by atoms with van der Waals surface area (Å²) in [6.07, 6.45) is 2.50. The number of hydrogen-bond donors (Lipinski definition) is 3. The van der Waals surface area contributed by atoms with Gasteiger partial charge in [0.05, 0.1) is 6.42 Å². The maximum Gasteiger partial charge on any atom is 0.308 e. The molecule has 8 atom stereocenters. The molecule has 3 unspecified atom stereocenters. The molecule has 6 rings (SSSR count). The summed E-state index contributed by atoms with van der Waals surface area (Å²) in [6.45, 7) is 6.44. The van der Waals surface area contributed by atoms with Crippen LogP contribution < -0.4 is 5.32 Å². The zero-order valence-electron chi connectivity index (χ0n) is 21.6. The fourth-order valence-corrected chi connectivity index (χ4v) is 6.57. The maximum atomic E-state index is 12.7. The van der Waals surface area contributed by atoms with Gasteiger partial charge in [-0.15, -0.1) is 0 Å². The van der Waals surface area contributed by atoms with Crippen molar-refractivity contribution >= 4 is 11.9 Å². The highest BCUT2D eigenvalue weighted by molar-refractivity contribution is 5.81. The molecule has 1 aromatic carbocycles. The number of ether oxygens (including phenoxy) is 3. The van der Waals surface area contributed by atoms with Gasteiger partial charge in [-0.05, 0) is 62.1 Å². The zero-order chi connectivity index (χ0) is 26.4. The Kier molecular flexibility index (Phi) is 7.12. The summed E-state index contributed by atoms with van der Waals surface area (Å²) in [7, 11) is 0. The van der Waals surface area contributed by atoms with Crippen LogP contribution >= 0.6 is 0 Å². The first-order chi connectivity index (χ1) is 17.6. The number of fused-ring (bicyclic) bond motifs is 2. The van der Waals surface area contributed by atoms with Crippen LogP contribution in [0.25, 0.3) is 0 Å². The molecule has 10 heteroatoms. The van der Waals surface area contributed by atoms with Crippen molar-refractivity contribution in [2.24, 2.45) is 23.7 Å². The van der Waals surface area contributed by atoms with Crippen molar-refractivity contribution in [2.45, 2.75) is 89.7 Å². The third kappa shape index (κ3) is 4.92. The van der Waals surface area contributed by atoms with Gasteiger partial charge in [0, 0.05) is 31.2 Å². The highest BCUT2D eigenvalue weighted by Gasteiger charge is 2.69. The predicted molar refractivity (Wildman–Crippen MR) is 129 cm³/mol. The van der Waals surface area contributed by atoms with E-state index in [1.165, 1.54) is 12.1 Å². The molecular weight excluding hydrogens is 482 g/mol. The number of carbonyl (C=O) groups excluding carboxylic acids is 2. The van der Waals surface area contributed by atoms with Crippen molar-refractivity contribution < 1.29 is 43.8 Å². The number of nitrogens with one attached hydrogen (secondary N) is 1. The molecule has 2 bridgehead atoms. The van der Waals surface area contributed by atoms with Crippen LogP contribution in [0.2, 0.25) is 0 Å². The van der Waals surface area contributed by atoms with E-state index in [0.29, 0.717) is 25.3 Å². The van der Waals surface area contributed by atoms with Gasteiger partial charge in [-0.3, -0.25) is 9.59 Å². The summed E-state index contributed by atoms with van der Waals surface area (Å²) < 4.78 is 18.3. The monoisotopic (exact) mass is 519 g/mol. The van der Waals surface area contributed by atoms with E-state index >= 15 is 0 Å². The minimum atomic E-state index is -0.899. The lowest BCUT2D eigenvalue weighted by Gasteiger charge is -2.59. The molecule has 3 N–H and O–H groups in total. The van der Waals surface area contributed by atoms with Gasteiger partial charge in [-0.25, -0.2) is 9.78 Å². The van der Waals surface area contributed by atoms with E-state index in [9.17, 15) is 19.8 Å². The normalized spacial score (nSPS) is 38.4. The van der Waals surface area contributed by atoms with Gasteiger partial charge in [0.1, 0.15) is 0 Å². The molecule has 37 heavy (non-hydrogen) atoms.